The number of carbonyl (C=O) groups is 3. The van der Waals surface area contributed by atoms with Crippen LogP contribution in [0.1, 0.15) is 80.1 Å². The lowest BCUT2D eigenvalue weighted by Crippen LogP contribution is -2.68. The molecule has 1 saturated carbocycles. The highest BCUT2D eigenvalue weighted by molar-refractivity contribution is 7.84. The van der Waals surface area contributed by atoms with Gasteiger partial charge >= 0.3 is 17.9 Å². The summed E-state index contributed by atoms with van der Waals surface area (Å²) in [6.07, 6.45) is -1.39. The van der Waals surface area contributed by atoms with E-state index in [4.69, 9.17) is 18.9 Å². The molecule has 2 N–H and O–H groups in total. The summed E-state index contributed by atoms with van der Waals surface area (Å²) in [7, 11) is -1.21. The average Bonchev–Trinajstić information content (AvgIpc) is 3.24. The van der Waals surface area contributed by atoms with E-state index in [1.807, 2.05) is 20.8 Å². The second-order valence-corrected chi connectivity index (χ2v) is 14.3. The Morgan fingerprint density at radius 2 is 1.83 bits per heavy atom. The molecule has 2 saturated heterocycles. The summed E-state index contributed by atoms with van der Waals surface area (Å²) in [6.45, 7) is 14.5. The van der Waals surface area contributed by atoms with Crippen LogP contribution in [0.5, 0.6) is 0 Å². The minimum atomic E-state index is -1.72. The van der Waals surface area contributed by atoms with Gasteiger partial charge in [-0.25, -0.2) is 0 Å². The Morgan fingerprint density at radius 1 is 1.17 bits per heavy atom. The molecule has 11 atom stereocenters. The van der Waals surface area contributed by atoms with Gasteiger partial charge in [0.05, 0.1) is 18.6 Å². The highest BCUT2D eigenvalue weighted by Gasteiger charge is 2.69. The van der Waals surface area contributed by atoms with Crippen molar-refractivity contribution in [3.63, 3.8) is 0 Å². The van der Waals surface area contributed by atoms with Crippen molar-refractivity contribution in [1.29, 1.82) is 0 Å². The largest absolute Gasteiger partial charge is 0.458 e. The number of carbonyl (C=O) groups excluding carboxylic acids is 3. The Labute approximate surface area is 246 Å². The minimum absolute atomic E-state index is 0.0972. The molecule has 41 heavy (non-hydrogen) atoms. The van der Waals surface area contributed by atoms with Crippen LogP contribution in [-0.4, -0.2) is 86.1 Å². The van der Waals surface area contributed by atoms with E-state index in [1.54, 1.807) is 13.8 Å². The third-order valence-corrected chi connectivity index (χ3v) is 9.81. The molecule has 0 aromatic carbocycles. The Kier molecular flexibility index (Phi) is 10.9. The summed E-state index contributed by atoms with van der Waals surface area (Å²) in [5, 5.41) is 23.1. The first-order valence-electron chi connectivity index (χ1n) is 14.7. The fourth-order valence-corrected chi connectivity index (χ4v) is 7.69. The van der Waals surface area contributed by atoms with Crippen molar-refractivity contribution in [2.24, 2.45) is 23.7 Å². The molecule has 10 nitrogen and oxygen atoms in total. The van der Waals surface area contributed by atoms with Crippen molar-refractivity contribution in [1.82, 2.24) is 0 Å². The van der Waals surface area contributed by atoms with Gasteiger partial charge in [0.2, 0.25) is 0 Å². The normalized spacial score (nSPS) is 39.6. The monoisotopic (exact) mass is 600 g/mol. The predicted octanol–water partition coefficient (Wildman–Crippen LogP) is 2.84. The zero-order valence-electron chi connectivity index (χ0n) is 25.4. The molecule has 0 spiro atoms. The molecule has 0 amide bonds. The standard InChI is InChI=1S/C30H48O10S/c1-9-10-22(34)40-29(6)13-11-19(32)17(4)15-20-25-24(27(29)38-20)23(16(2)3)26(39-21(33)12-14-41(8)36)28(30(25,7)35)37-18(5)31/h16,19-20,23-28,32,35H,4,9-15H2,1-3,5-8H3/t19-,20+,23+,24+,25+,26-,27+,28+,29+,30-,41+/m0/s1. The van der Waals surface area contributed by atoms with Gasteiger partial charge in [0.1, 0.15) is 23.4 Å². The van der Waals surface area contributed by atoms with Crippen molar-refractivity contribution in [2.45, 2.75) is 122 Å². The van der Waals surface area contributed by atoms with Gasteiger partial charge in [0.15, 0.2) is 6.10 Å². The van der Waals surface area contributed by atoms with Crippen LogP contribution in [0.25, 0.3) is 0 Å². The van der Waals surface area contributed by atoms with E-state index in [9.17, 15) is 28.8 Å². The minimum Gasteiger partial charge on any atom is -0.458 e. The second kappa shape index (κ2) is 13.2. The summed E-state index contributed by atoms with van der Waals surface area (Å²) in [5.41, 5.74) is -2.35. The Balaban J connectivity index is 2.18. The number of aliphatic hydroxyl groups is 2. The molecular formula is C30H48O10S. The van der Waals surface area contributed by atoms with Crippen LogP contribution in [0.2, 0.25) is 0 Å². The number of aliphatic hydroxyl groups excluding tert-OH is 1. The first kappa shape index (κ1) is 33.7. The van der Waals surface area contributed by atoms with Crippen LogP contribution in [0.3, 0.4) is 0 Å². The molecule has 2 bridgehead atoms. The molecule has 0 radical (unpaired) electrons. The lowest BCUT2D eigenvalue weighted by atomic mass is 9.55. The molecule has 0 aromatic rings. The van der Waals surface area contributed by atoms with Crippen molar-refractivity contribution in [3.8, 4) is 0 Å². The summed E-state index contributed by atoms with van der Waals surface area (Å²) in [6, 6.07) is 0. The molecule has 0 unspecified atom stereocenters. The first-order chi connectivity index (χ1) is 19.0. The maximum absolute atomic E-state index is 13.0. The smallest absolute Gasteiger partial charge is 0.307 e. The number of esters is 3. The molecule has 1 aliphatic carbocycles. The summed E-state index contributed by atoms with van der Waals surface area (Å²) in [5.74, 6) is -3.21. The summed E-state index contributed by atoms with van der Waals surface area (Å²) in [4.78, 5) is 38.2. The van der Waals surface area contributed by atoms with Gasteiger partial charge in [0, 0.05) is 53.9 Å². The Hall–Kier alpha value is -1.82. The summed E-state index contributed by atoms with van der Waals surface area (Å²) < 4.78 is 36.2. The molecule has 0 aromatic heterocycles. The van der Waals surface area contributed by atoms with Gasteiger partial charge in [-0.1, -0.05) is 27.4 Å². The number of rotatable bonds is 9. The molecule has 3 fully saturated rings. The van der Waals surface area contributed by atoms with E-state index >= 15 is 0 Å². The van der Waals surface area contributed by atoms with Crippen LogP contribution in [0.4, 0.5) is 0 Å². The van der Waals surface area contributed by atoms with E-state index < -0.39 is 82.2 Å². The van der Waals surface area contributed by atoms with Crippen molar-refractivity contribution < 1.29 is 47.8 Å². The third-order valence-electron chi connectivity index (χ3n) is 9.03. The Bertz CT molecular complexity index is 1020. The van der Waals surface area contributed by atoms with Gasteiger partial charge in [-0.2, -0.15) is 0 Å². The SMILES string of the molecule is C=C1C[C@H]2O[C@H]([C@@H]3[C@@H](C(C)C)[C@H](OC(=O)CC[S@@](C)=O)[C@@H](OC(C)=O)[C@@](C)(O)[C@@H]32)[C@](C)(OC(=O)CCC)CC[C@@H]1O. The zero-order chi connectivity index (χ0) is 30.9. The van der Waals surface area contributed by atoms with Crippen LogP contribution in [0, 0.1) is 23.7 Å². The lowest BCUT2D eigenvalue weighted by Gasteiger charge is -2.55. The van der Waals surface area contributed by atoms with Crippen LogP contribution < -0.4 is 0 Å². The van der Waals surface area contributed by atoms with Gasteiger partial charge in [-0.15, -0.1) is 0 Å². The van der Waals surface area contributed by atoms with E-state index in [0.717, 1.165) is 0 Å². The maximum atomic E-state index is 13.0. The second-order valence-electron chi connectivity index (χ2n) is 12.7. The van der Waals surface area contributed by atoms with E-state index in [1.165, 1.54) is 13.2 Å². The lowest BCUT2D eigenvalue weighted by molar-refractivity contribution is -0.241. The molecule has 3 rings (SSSR count). The van der Waals surface area contributed by atoms with Gasteiger partial charge in [0.25, 0.3) is 0 Å². The van der Waals surface area contributed by atoms with Gasteiger partial charge in [-0.3, -0.25) is 18.6 Å². The molecule has 234 valence electrons. The predicted molar refractivity (Wildman–Crippen MR) is 152 cm³/mol. The summed E-state index contributed by atoms with van der Waals surface area (Å²) >= 11 is 0. The number of fused-ring (bicyclic) bond motifs is 5. The molecule has 11 heteroatoms. The molecular weight excluding hydrogens is 552 g/mol. The topological polar surface area (TPSA) is 146 Å². The molecule has 3 aliphatic rings. The van der Waals surface area contributed by atoms with Crippen LogP contribution in [0.15, 0.2) is 12.2 Å². The van der Waals surface area contributed by atoms with Crippen LogP contribution in [-0.2, 0) is 44.1 Å². The number of hydrogen-bond donors (Lipinski definition) is 2. The fourth-order valence-electron chi connectivity index (χ4n) is 7.23. The highest BCUT2D eigenvalue weighted by Crippen LogP contribution is 2.58. The molecule has 2 aliphatic heterocycles. The van der Waals surface area contributed by atoms with Crippen molar-refractivity contribution in [3.05, 3.63) is 12.2 Å². The first-order valence-corrected chi connectivity index (χ1v) is 16.4. The van der Waals surface area contributed by atoms with E-state index in [0.29, 0.717) is 18.4 Å². The van der Waals surface area contributed by atoms with E-state index in [-0.39, 0.29) is 43.3 Å². The third kappa shape index (κ3) is 7.22. The van der Waals surface area contributed by atoms with Crippen molar-refractivity contribution >= 4 is 28.7 Å². The maximum Gasteiger partial charge on any atom is 0.307 e. The van der Waals surface area contributed by atoms with Crippen molar-refractivity contribution in [2.75, 3.05) is 12.0 Å². The highest BCUT2D eigenvalue weighted by atomic mass is 32.2. The quantitative estimate of drug-likeness (QED) is 0.230. The average molecular weight is 601 g/mol. The van der Waals surface area contributed by atoms with Gasteiger partial charge < -0.3 is 29.2 Å². The van der Waals surface area contributed by atoms with E-state index in [2.05, 4.69) is 6.58 Å². The number of hydrogen-bond acceptors (Lipinski definition) is 10. The Morgan fingerprint density at radius 3 is 2.39 bits per heavy atom. The fraction of sp³-hybridized carbons (Fsp3) is 0.833. The molecule has 2 heterocycles. The van der Waals surface area contributed by atoms with Crippen LogP contribution >= 0.6 is 0 Å². The van der Waals surface area contributed by atoms with Gasteiger partial charge in [-0.05, 0) is 51.0 Å². The zero-order valence-corrected chi connectivity index (χ0v) is 26.2. The number of ether oxygens (including phenoxy) is 4.